The Kier molecular flexibility index (Phi) is 9.50. The van der Waals surface area contributed by atoms with E-state index in [1.54, 1.807) is 0 Å². The summed E-state index contributed by atoms with van der Waals surface area (Å²) in [6.45, 7) is 23.4. The van der Waals surface area contributed by atoms with Crippen LogP contribution in [0.25, 0.3) is 0 Å². The first kappa shape index (κ1) is 32.9. The van der Waals surface area contributed by atoms with Crippen molar-refractivity contribution < 1.29 is 14.3 Å². The lowest BCUT2D eigenvalue weighted by Gasteiger charge is -2.50. The van der Waals surface area contributed by atoms with Crippen molar-refractivity contribution in [2.45, 2.75) is 148 Å². The number of rotatable bonds is 11. The number of nitrogens with one attached hydrogen (secondary N) is 1. The van der Waals surface area contributed by atoms with E-state index in [2.05, 4.69) is 98.0 Å². The van der Waals surface area contributed by atoms with Gasteiger partial charge in [0.25, 0.3) is 0 Å². The zero-order valence-electron chi connectivity index (χ0n) is 28.9. The topological polar surface area (TPSA) is 47.6 Å². The van der Waals surface area contributed by atoms with Gasteiger partial charge in [-0.1, -0.05) is 129 Å². The third-order valence-electron chi connectivity index (χ3n) is 13.6. The van der Waals surface area contributed by atoms with Crippen molar-refractivity contribution in [3.05, 3.63) is 47.2 Å². The normalized spacial score (nSPS) is 32.6. The van der Waals surface area contributed by atoms with Crippen LogP contribution in [0, 0.1) is 22.7 Å². The molecule has 4 aliphatic rings. The molecular weight excluding hydrogens is 547 g/mol. The molecule has 5 rings (SSSR count). The third-order valence-corrected chi connectivity index (χ3v) is 21.0. The maximum Gasteiger partial charge on any atom is 0.217 e. The highest BCUT2D eigenvalue weighted by atomic mass is 28.3. The number of ketones is 1. The minimum Gasteiger partial charge on any atom is -0.461 e. The number of fused-ring (bicyclic) bond motifs is 3. The summed E-state index contributed by atoms with van der Waals surface area (Å²) in [5.74, 6) is 1.69. The zero-order valence-corrected chi connectivity index (χ0v) is 29.9. The van der Waals surface area contributed by atoms with Gasteiger partial charge in [0.2, 0.25) is 12.1 Å². The summed E-state index contributed by atoms with van der Waals surface area (Å²) in [6.07, 6.45) is 8.29. The standard InChI is InChI=1S/C38H61NO3Si/c1-26(2)43(27(3)4,28(5)6)25-31-32-18-14-11-15-21-38(32,39-23-20-29-16-12-10-13-17-29)34(40)33(31)42-35-37(9)22-19-30(24-41-35)36(37,7)8/h10,12-13,16-17,26-28,30,32,35,39H,11,14-15,18-25H2,1-9H3/t30-,32-,35-,37+,38+/m1/s1. The van der Waals surface area contributed by atoms with Gasteiger partial charge in [-0.25, -0.2) is 0 Å². The summed E-state index contributed by atoms with van der Waals surface area (Å²) in [7, 11) is -1.86. The van der Waals surface area contributed by atoms with E-state index in [4.69, 9.17) is 9.47 Å². The van der Waals surface area contributed by atoms with E-state index in [0.717, 1.165) is 51.3 Å². The van der Waals surface area contributed by atoms with Crippen molar-refractivity contribution in [3.8, 4) is 0 Å². The summed E-state index contributed by atoms with van der Waals surface area (Å²) < 4.78 is 13.7. The monoisotopic (exact) mass is 607 g/mol. The molecule has 0 unspecified atom stereocenters. The Labute approximate surface area is 264 Å². The van der Waals surface area contributed by atoms with Crippen LogP contribution in [0.3, 0.4) is 0 Å². The molecule has 1 N–H and O–H groups in total. The van der Waals surface area contributed by atoms with Crippen LogP contribution in [0.4, 0.5) is 0 Å². The van der Waals surface area contributed by atoms with Gasteiger partial charge in [-0.2, -0.15) is 0 Å². The van der Waals surface area contributed by atoms with E-state index in [1.807, 2.05) is 0 Å². The molecule has 5 heteroatoms. The molecule has 43 heavy (non-hydrogen) atoms. The summed E-state index contributed by atoms with van der Waals surface area (Å²) in [5, 5.41) is 3.97. The predicted molar refractivity (Wildman–Crippen MR) is 181 cm³/mol. The Hall–Kier alpha value is -1.43. The zero-order chi connectivity index (χ0) is 31.2. The highest BCUT2D eigenvalue weighted by molar-refractivity contribution is 6.84. The molecule has 5 atom stereocenters. The first-order chi connectivity index (χ1) is 20.3. The molecule has 2 bridgehead atoms. The summed E-state index contributed by atoms with van der Waals surface area (Å²) in [5.41, 5.74) is 4.01. The molecule has 1 aromatic rings. The second-order valence-electron chi connectivity index (χ2n) is 16.4. The third kappa shape index (κ3) is 5.41. The number of carbonyl (C=O) groups excluding carboxylic acids is 1. The number of Topliss-reactive ketones (excluding diaryl/α,β-unsaturated/α-hetero) is 1. The van der Waals surface area contributed by atoms with Gasteiger partial charge in [-0.3, -0.25) is 4.79 Å². The summed E-state index contributed by atoms with van der Waals surface area (Å²) in [4.78, 5) is 15.1. The molecule has 2 saturated carbocycles. The molecule has 240 valence electrons. The number of ether oxygens (including phenoxy) is 2. The Morgan fingerprint density at radius 1 is 0.930 bits per heavy atom. The van der Waals surface area contributed by atoms with E-state index >= 15 is 4.79 Å². The molecule has 4 nitrogen and oxygen atoms in total. The van der Waals surface area contributed by atoms with Gasteiger partial charge in [-0.05, 0) is 60.6 Å². The van der Waals surface area contributed by atoms with Gasteiger partial charge < -0.3 is 14.8 Å². The molecule has 3 fully saturated rings. The second-order valence-corrected chi connectivity index (χ2v) is 22.4. The molecule has 0 radical (unpaired) electrons. The van der Waals surface area contributed by atoms with Gasteiger partial charge in [0.1, 0.15) is 0 Å². The van der Waals surface area contributed by atoms with Gasteiger partial charge in [0.15, 0.2) is 5.76 Å². The Bertz CT molecular complexity index is 1150. The maximum atomic E-state index is 15.1. The van der Waals surface area contributed by atoms with Gasteiger partial charge in [0.05, 0.1) is 20.2 Å². The van der Waals surface area contributed by atoms with Crippen LogP contribution in [0.2, 0.25) is 22.7 Å². The first-order valence-corrected chi connectivity index (χ1v) is 20.1. The average molecular weight is 608 g/mol. The minimum atomic E-state index is -1.86. The smallest absolute Gasteiger partial charge is 0.217 e. The first-order valence-electron chi connectivity index (χ1n) is 17.7. The summed E-state index contributed by atoms with van der Waals surface area (Å²) in [6, 6.07) is 11.8. The summed E-state index contributed by atoms with van der Waals surface area (Å²) >= 11 is 0. The Morgan fingerprint density at radius 2 is 1.60 bits per heavy atom. The van der Waals surface area contributed by atoms with Crippen LogP contribution < -0.4 is 5.32 Å². The van der Waals surface area contributed by atoms with Crippen molar-refractivity contribution in [2.24, 2.45) is 22.7 Å². The van der Waals surface area contributed by atoms with Gasteiger partial charge in [-0.15, -0.1) is 0 Å². The fourth-order valence-electron chi connectivity index (χ4n) is 10.2. The van der Waals surface area contributed by atoms with Crippen LogP contribution in [0.5, 0.6) is 0 Å². The van der Waals surface area contributed by atoms with Crippen molar-refractivity contribution in [3.63, 3.8) is 0 Å². The lowest BCUT2D eigenvalue weighted by Crippen LogP contribution is -2.56. The van der Waals surface area contributed by atoms with Crippen LogP contribution in [-0.4, -0.2) is 38.8 Å². The van der Waals surface area contributed by atoms with Crippen LogP contribution in [0.1, 0.15) is 113 Å². The highest BCUT2D eigenvalue weighted by Gasteiger charge is 2.63. The fraction of sp³-hybridized carbons (Fsp3) is 0.763. The average Bonchev–Trinajstić information content (AvgIpc) is 3.13. The van der Waals surface area contributed by atoms with Crippen molar-refractivity contribution >= 4 is 13.9 Å². The SMILES string of the molecule is CC(C)[Si](CC1=C(O[C@H]2OC[C@H]3CC[C@]2(C)C3(C)C)C(=O)[C@]2(NCCc3ccccc3)CCCCC[C@H]12)(C(C)C)C(C)C. The quantitative estimate of drug-likeness (QED) is 0.255. The molecule has 0 amide bonds. The van der Waals surface area contributed by atoms with Gasteiger partial charge in [0, 0.05) is 17.9 Å². The predicted octanol–water partition coefficient (Wildman–Crippen LogP) is 9.47. The molecular formula is C38H61NO3Si. The Balaban J connectivity index is 1.57. The van der Waals surface area contributed by atoms with E-state index in [1.165, 1.54) is 30.4 Å². The molecule has 1 aliphatic heterocycles. The van der Waals surface area contributed by atoms with Crippen molar-refractivity contribution in [1.29, 1.82) is 0 Å². The van der Waals surface area contributed by atoms with Crippen molar-refractivity contribution in [1.82, 2.24) is 5.32 Å². The molecule has 1 heterocycles. The number of hydrogen-bond acceptors (Lipinski definition) is 4. The lowest BCUT2D eigenvalue weighted by atomic mass is 9.64. The highest BCUT2D eigenvalue weighted by Crippen LogP contribution is 2.62. The molecule has 3 aliphatic carbocycles. The van der Waals surface area contributed by atoms with Crippen molar-refractivity contribution in [2.75, 3.05) is 13.2 Å². The Morgan fingerprint density at radius 3 is 2.26 bits per heavy atom. The minimum absolute atomic E-state index is 0.102. The van der Waals surface area contributed by atoms with E-state index in [9.17, 15) is 0 Å². The van der Waals surface area contributed by atoms with Crippen LogP contribution in [-0.2, 0) is 20.7 Å². The largest absolute Gasteiger partial charge is 0.461 e. The maximum absolute atomic E-state index is 15.1. The molecule has 1 aromatic carbocycles. The molecule has 1 saturated heterocycles. The van der Waals surface area contributed by atoms with Gasteiger partial charge >= 0.3 is 0 Å². The van der Waals surface area contributed by atoms with Crippen LogP contribution >= 0.6 is 0 Å². The van der Waals surface area contributed by atoms with E-state index < -0.39 is 13.6 Å². The second kappa shape index (κ2) is 12.4. The van der Waals surface area contributed by atoms with E-state index in [0.29, 0.717) is 28.3 Å². The number of hydrogen-bond donors (Lipinski definition) is 1. The number of carbonyl (C=O) groups is 1. The van der Waals surface area contributed by atoms with E-state index in [-0.39, 0.29) is 28.8 Å². The molecule has 0 spiro atoms. The lowest BCUT2D eigenvalue weighted by molar-refractivity contribution is -0.248. The van der Waals surface area contributed by atoms with Crippen LogP contribution in [0.15, 0.2) is 41.7 Å². The number of benzene rings is 1. The molecule has 0 aromatic heterocycles. The fourth-order valence-corrected chi connectivity index (χ4v) is 16.5.